The fraction of sp³-hybridized carbons (Fsp3) is 0.316. The molecule has 1 unspecified atom stereocenters. The first-order valence-corrected chi connectivity index (χ1v) is 8.06. The number of hydrogen-bond acceptors (Lipinski definition) is 3. The summed E-state index contributed by atoms with van der Waals surface area (Å²) in [4.78, 5) is 13.8. The van der Waals surface area contributed by atoms with E-state index in [2.05, 4.69) is 10.2 Å². The highest BCUT2D eigenvalue weighted by molar-refractivity contribution is 5.83. The van der Waals surface area contributed by atoms with Gasteiger partial charge >= 0.3 is 0 Å². The predicted molar refractivity (Wildman–Crippen MR) is 90.1 cm³/mol. The molecule has 1 saturated heterocycles. The van der Waals surface area contributed by atoms with E-state index in [1.54, 1.807) is 6.07 Å². The van der Waals surface area contributed by atoms with E-state index in [1.807, 2.05) is 37.4 Å². The van der Waals surface area contributed by atoms with Crippen molar-refractivity contribution < 1.29 is 13.9 Å². The lowest BCUT2D eigenvalue weighted by Crippen LogP contribution is -2.37. The number of hydrogen-bond donors (Lipinski definition) is 1. The Morgan fingerprint density at radius 3 is 2.67 bits per heavy atom. The van der Waals surface area contributed by atoms with Crippen molar-refractivity contribution in [3.05, 3.63) is 65.5 Å². The van der Waals surface area contributed by atoms with Gasteiger partial charge in [0.1, 0.15) is 18.2 Å². The number of nitrogens with zero attached hydrogens (tertiary/aromatic N) is 1. The zero-order valence-electron chi connectivity index (χ0n) is 13.7. The van der Waals surface area contributed by atoms with Crippen LogP contribution in [0, 0.1) is 5.82 Å². The van der Waals surface area contributed by atoms with Gasteiger partial charge in [0.05, 0.1) is 6.04 Å². The average Bonchev–Trinajstić information content (AvgIpc) is 3.00. The summed E-state index contributed by atoms with van der Waals surface area (Å²) in [6, 6.07) is 14.1. The van der Waals surface area contributed by atoms with Crippen LogP contribution in [0.4, 0.5) is 4.39 Å². The molecular formula is C19H21FN2O2. The van der Waals surface area contributed by atoms with Crippen LogP contribution in [-0.2, 0) is 17.9 Å². The monoisotopic (exact) mass is 328 g/mol. The third kappa shape index (κ3) is 4.11. The summed E-state index contributed by atoms with van der Waals surface area (Å²) in [6.45, 7) is 1.79. The van der Waals surface area contributed by atoms with Gasteiger partial charge in [-0.3, -0.25) is 9.69 Å². The summed E-state index contributed by atoms with van der Waals surface area (Å²) in [5.41, 5.74) is 1.92. The van der Waals surface area contributed by atoms with E-state index in [1.165, 1.54) is 12.1 Å². The van der Waals surface area contributed by atoms with Crippen molar-refractivity contribution in [1.29, 1.82) is 0 Å². The van der Waals surface area contributed by atoms with Crippen LogP contribution in [-0.4, -0.2) is 30.4 Å². The van der Waals surface area contributed by atoms with E-state index in [0.717, 1.165) is 29.8 Å². The minimum Gasteiger partial charge on any atom is -0.489 e. The van der Waals surface area contributed by atoms with E-state index in [-0.39, 0.29) is 17.8 Å². The van der Waals surface area contributed by atoms with Crippen molar-refractivity contribution in [3.8, 4) is 5.75 Å². The first kappa shape index (κ1) is 16.5. The molecule has 1 amide bonds. The second-order valence-electron chi connectivity index (χ2n) is 6.07. The standard InChI is InChI=1S/C19H21FN2O2/c1-22(18-9-10-21-19(18)23)12-14-5-7-17(8-6-14)24-13-15-3-2-4-16(20)11-15/h2-8,11,18H,9-10,12-13H2,1H3,(H,21,23). The highest BCUT2D eigenvalue weighted by Gasteiger charge is 2.27. The molecule has 1 fully saturated rings. The maximum atomic E-state index is 13.1. The van der Waals surface area contributed by atoms with Crippen LogP contribution in [0.2, 0.25) is 0 Å². The number of benzene rings is 2. The van der Waals surface area contributed by atoms with Crippen molar-refractivity contribution in [2.45, 2.75) is 25.6 Å². The lowest BCUT2D eigenvalue weighted by molar-refractivity contribution is -0.123. The van der Waals surface area contributed by atoms with Crippen LogP contribution in [0.1, 0.15) is 17.5 Å². The van der Waals surface area contributed by atoms with Gasteiger partial charge in [-0.2, -0.15) is 0 Å². The van der Waals surface area contributed by atoms with Gasteiger partial charge in [-0.05, 0) is 48.9 Å². The van der Waals surface area contributed by atoms with Crippen molar-refractivity contribution in [3.63, 3.8) is 0 Å². The van der Waals surface area contributed by atoms with E-state index < -0.39 is 0 Å². The van der Waals surface area contributed by atoms with Gasteiger partial charge in [0, 0.05) is 13.1 Å². The highest BCUT2D eigenvalue weighted by atomic mass is 19.1. The zero-order chi connectivity index (χ0) is 16.9. The van der Waals surface area contributed by atoms with Gasteiger partial charge in [0.2, 0.25) is 5.91 Å². The van der Waals surface area contributed by atoms with Crippen molar-refractivity contribution in [1.82, 2.24) is 10.2 Å². The SMILES string of the molecule is CN(Cc1ccc(OCc2cccc(F)c2)cc1)C1CCNC1=O. The van der Waals surface area contributed by atoms with Crippen LogP contribution in [0.5, 0.6) is 5.75 Å². The number of amides is 1. The molecule has 0 radical (unpaired) electrons. The quantitative estimate of drug-likeness (QED) is 0.886. The van der Waals surface area contributed by atoms with E-state index in [0.29, 0.717) is 13.2 Å². The molecule has 5 heteroatoms. The molecule has 0 spiro atoms. The molecule has 2 aromatic carbocycles. The minimum absolute atomic E-state index is 0.0473. The Bertz CT molecular complexity index is 703. The van der Waals surface area contributed by atoms with Gasteiger partial charge in [0.25, 0.3) is 0 Å². The molecule has 4 nitrogen and oxygen atoms in total. The van der Waals surface area contributed by atoms with Gasteiger partial charge in [-0.1, -0.05) is 24.3 Å². The molecule has 1 aliphatic rings. The maximum Gasteiger partial charge on any atom is 0.237 e. The fourth-order valence-corrected chi connectivity index (χ4v) is 2.88. The first-order valence-electron chi connectivity index (χ1n) is 8.06. The number of carbonyl (C=O) groups is 1. The number of likely N-dealkylation sites (N-methyl/N-ethyl adjacent to an activating group) is 1. The molecule has 24 heavy (non-hydrogen) atoms. The molecule has 1 N–H and O–H groups in total. The molecule has 126 valence electrons. The number of ether oxygens (including phenoxy) is 1. The Balaban J connectivity index is 1.54. The molecule has 2 aromatic rings. The van der Waals surface area contributed by atoms with Gasteiger partial charge in [0.15, 0.2) is 0 Å². The Morgan fingerprint density at radius 2 is 2.00 bits per heavy atom. The topological polar surface area (TPSA) is 41.6 Å². The zero-order valence-corrected chi connectivity index (χ0v) is 13.7. The number of halogens is 1. The Kier molecular flexibility index (Phi) is 5.11. The Labute approximate surface area is 141 Å². The molecule has 0 saturated carbocycles. The molecule has 1 aliphatic heterocycles. The first-order chi connectivity index (χ1) is 11.6. The van der Waals surface area contributed by atoms with Crippen LogP contribution in [0.3, 0.4) is 0 Å². The number of nitrogens with one attached hydrogen (secondary N) is 1. The number of rotatable bonds is 6. The van der Waals surface area contributed by atoms with Crippen LogP contribution >= 0.6 is 0 Å². The summed E-state index contributed by atoms with van der Waals surface area (Å²) >= 11 is 0. The normalized spacial score (nSPS) is 17.1. The second-order valence-corrected chi connectivity index (χ2v) is 6.07. The van der Waals surface area contributed by atoms with Crippen LogP contribution in [0.15, 0.2) is 48.5 Å². The molecule has 1 atom stereocenters. The summed E-state index contributed by atoms with van der Waals surface area (Å²) in [5, 5.41) is 2.85. The van der Waals surface area contributed by atoms with E-state index in [9.17, 15) is 9.18 Å². The van der Waals surface area contributed by atoms with E-state index in [4.69, 9.17) is 4.74 Å². The summed E-state index contributed by atoms with van der Waals surface area (Å²) in [5.74, 6) is 0.585. The van der Waals surface area contributed by atoms with E-state index >= 15 is 0 Å². The lowest BCUT2D eigenvalue weighted by Gasteiger charge is -2.22. The molecular weight excluding hydrogens is 307 g/mol. The summed E-state index contributed by atoms with van der Waals surface area (Å²) in [6.07, 6.45) is 0.851. The van der Waals surface area contributed by atoms with Gasteiger partial charge in [-0.25, -0.2) is 4.39 Å². The third-order valence-electron chi connectivity index (χ3n) is 4.20. The molecule has 3 rings (SSSR count). The molecule has 0 bridgehead atoms. The van der Waals surface area contributed by atoms with Crippen molar-refractivity contribution in [2.24, 2.45) is 0 Å². The highest BCUT2D eigenvalue weighted by Crippen LogP contribution is 2.17. The molecule has 0 aliphatic carbocycles. The predicted octanol–water partition coefficient (Wildman–Crippen LogP) is 2.73. The molecule has 0 aromatic heterocycles. The second kappa shape index (κ2) is 7.45. The van der Waals surface area contributed by atoms with Gasteiger partial charge < -0.3 is 10.1 Å². The van der Waals surface area contributed by atoms with Crippen molar-refractivity contribution >= 4 is 5.91 Å². The van der Waals surface area contributed by atoms with Crippen LogP contribution < -0.4 is 10.1 Å². The summed E-state index contributed by atoms with van der Waals surface area (Å²) in [7, 11) is 1.96. The largest absolute Gasteiger partial charge is 0.489 e. The third-order valence-corrected chi connectivity index (χ3v) is 4.20. The average molecular weight is 328 g/mol. The molecule has 1 heterocycles. The maximum absolute atomic E-state index is 13.1. The minimum atomic E-state index is -0.259. The Hall–Kier alpha value is -2.40. The van der Waals surface area contributed by atoms with Crippen LogP contribution in [0.25, 0.3) is 0 Å². The smallest absolute Gasteiger partial charge is 0.237 e. The fourth-order valence-electron chi connectivity index (χ4n) is 2.88. The van der Waals surface area contributed by atoms with Gasteiger partial charge in [-0.15, -0.1) is 0 Å². The lowest BCUT2D eigenvalue weighted by atomic mass is 10.1. The Morgan fingerprint density at radius 1 is 1.21 bits per heavy atom. The number of carbonyl (C=O) groups excluding carboxylic acids is 1. The summed E-state index contributed by atoms with van der Waals surface area (Å²) < 4.78 is 18.8. The van der Waals surface area contributed by atoms with Crippen molar-refractivity contribution in [2.75, 3.05) is 13.6 Å².